The molecule has 0 saturated heterocycles. The number of rotatable bonds is 5. The van der Waals surface area contributed by atoms with Crippen molar-refractivity contribution in [2.75, 3.05) is 12.3 Å². The van der Waals surface area contributed by atoms with Gasteiger partial charge in [0.05, 0.1) is 10.1 Å². The van der Waals surface area contributed by atoms with Crippen LogP contribution in [0.3, 0.4) is 0 Å². The van der Waals surface area contributed by atoms with Gasteiger partial charge in [-0.2, -0.15) is 0 Å². The third-order valence-corrected chi connectivity index (χ3v) is 2.46. The summed E-state index contributed by atoms with van der Waals surface area (Å²) in [5.41, 5.74) is 0.349. The average molecular weight is 259 g/mol. The Kier molecular flexibility index (Phi) is 9.59. The first-order valence-corrected chi connectivity index (χ1v) is 5.67. The monoisotopic (exact) mass is 259 g/mol. The summed E-state index contributed by atoms with van der Waals surface area (Å²) in [6.07, 6.45) is 0. The van der Waals surface area contributed by atoms with Gasteiger partial charge in [0.1, 0.15) is 0 Å². The van der Waals surface area contributed by atoms with Gasteiger partial charge in [0.25, 0.3) is 0 Å². The molecule has 1 atom stereocenters. The fourth-order valence-corrected chi connectivity index (χ4v) is 1.64. The Bertz CT molecular complexity index is 326. The second kappa shape index (κ2) is 7.94. The van der Waals surface area contributed by atoms with Crippen LogP contribution in [-0.4, -0.2) is 31.2 Å². The molecule has 1 unspecified atom stereocenters. The maximum Gasteiger partial charge on any atom is 1.00 e. The summed E-state index contributed by atoms with van der Waals surface area (Å²) < 4.78 is 31.0. The van der Waals surface area contributed by atoms with E-state index in [2.05, 4.69) is 11.9 Å². The van der Waals surface area contributed by atoms with Crippen LogP contribution in [0.1, 0.15) is 13.8 Å². The smallest absolute Gasteiger partial charge is 0.748 e. The van der Waals surface area contributed by atoms with E-state index in [4.69, 9.17) is 0 Å². The van der Waals surface area contributed by atoms with Crippen LogP contribution in [-0.2, 0) is 14.9 Å². The molecular weight excluding hydrogens is 245 g/mol. The summed E-state index contributed by atoms with van der Waals surface area (Å²) in [7, 11) is -4.22. The second-order valence-electron chi connectivity index (χ2n) is 3.32. The fraction of sp³-hybridized carbons (Fsp3) is 0.625. The van der Waals surface area contributed by atoms with Gasteiger partial charge in [0, 0.05) is 17.9 Å². The molecule has 0 saturated carbocycles. The van der Waals surface area contributed by atoms with Crippen molar-refractivity contribution in [2.45, 2.75) is 13.8 Å². The second-order valence-corrected chi connectivity index (χ2v) is 4.77. The van der Waals surface area contributed by atoms with Gasteiger partial charge in [-0.3, -0.25) is 4.79 Å². The van der Waals surface area contributed by atoms with E-state index in [1.165, 1.54) is 0 Å². The first-order valence-electron chi connectivity index (χ1n) is 4.09. The van der Waals surface area contributed by atoms with Gasteiger partial charge in [-0.1, -0.05) is 13.5 Å². The van der Waals surface area contributed by atoms with Crippen LogP contribution >= 0.6 is 0 Å². The Balaban J connectivity index is 0. The Morgan fingerprint density at radius 2 is 2.00 bits per heavy atom. The van der Waals surface area contributed by atoms with E-state index in [1.807, 2.05) is 0 Å². The van der Waals surface area contributed by atoms with Crippen molar-refractivity contribution in [2.24, 2.45) is 5.92 Å². The molecule has 1 amide bonds. The Morgan fingerprint density at radius 1 is 1.53 bits per heavy atom. The third-order valence-electron chi connectivity index (χ3n) is 1.49. The number of hydrogen-bond acceptors (Lipinski definition) is 4. The zero-order valence-electron chi connectivity index (χ0n) is 9.24. The molecule has 0 heterocycles. The number of amides is 1. The first kappa shape index (κ1) is 18.1. The van der Waals surface area contributed by atoms with Gasteiger partial charge in [0.15, 0.2) is 0 Å². The van der Waals surface area contributed by atoms with E-state index < -0.39 is 15.9 Å². The van der Waals surface area contributed by atoms with Crippen molar-refractivity contribution in [3.05, 3.63) is 12.2 Å². The molecule has 5 nitrogen and oxygen atoms in total. The minimum atomic E-state index is -4.22. The molecule has 7 heteroatoms. The average Bonchev–Trinajstić information content (AvgIpc) is 1.96. The summed E-state index contributed by atoms with van der Waals surface area (Å²) >= 11 is 0. The van der Waals surface area contributed by atoms with Gasteiger partial charge in [-0.15, -0.1) is 0 Å². The molecule has 0 spiro atoms. The van der Waals surface area contributed by atoms with Crippen molar-refractivity contribution in [3.63, 3.8) is 0 Å². The van der Waals surface area contributed by atoms with Gasteiger partial charge < -0.3 is 9.87 Å². The molecule has 0 aromatic carbocycles. The van der Waals surface area contributed by atoms with Crippen LogP contribution in [0.2, 0.25) is 0 Å². The molecule has 0 aliphatic carbocycles. The topological polar surface area (TPSA) is 86.3 Å². The normalized spacial score (nSPS) is 12.5. The van der Waals surface area contributed by atoms with E-state index >= 15 is 0 Å². The van der Waals surface area contributed by atoms with E-state index in [1.54, 1.807) is 13.8 Å². The minimum absolute atomic E-state index is 0. The van der Waals surface area contributed by atoms with E-state index in [0.717, 1.165) is 0 Å². The molecule has 0 rings (SSSR count). The minimum Gasteiger partial charge on any atom is -0.748 e. The zero-order valence-corrected chi connectivity index (χ0v) is 13.2. The van der Waals surface area contributed by atoms with Crippen LogP contribution < -0.4 is 56.7 Å². The van der Waals surface area contributed by atoms with Gasteiger partial charge in [-0.25, -0.2) is 8.42 Å². The van der Waals surface area contributed by atoms with Crippen LogP contribution in [0.4, 0.5) is 0 Å². The van der Waals surface area contributed by atoms with Crippen molar-refractivity contribution >= 4 is 16.0 Å². The maximum absolute atomic E-state index is 11.0. The summed E-state index contributed by atoms with van der Waals surface area (Å²) in [6.45, 7) is 6.70. The molecule has 1 N–H and O–H groups in total. The summed E-state index contributed by atoms with van der Waals surface area (Å²) in [6, 6.07) is 0. The predicted molar refractivity (Wildman–Crippen MR) is 51.6 cm³/mol. The van der Waals surface area contributed by atoms with Crippen molar-refractivity contribution < 1.29 is 69.1 Å². The molecule has 15 heavy (non-hydrogen) atoms. The van der Waals surface area contributed by atoms with Gasteiger partial charge in [-0.05, 0) is 12.8 Å². The van der Waals surface area contributed by atoms with Crippen molar-refractivity contribution in [1.82, 2.24) is 5.32 Å². The largest absolute Gasteiger partial charge is 1.00 e. The van der Waals surface area contributed by atoms with Crippen molar-refractivity contribution in [1.29, 1.82) is 0 Å². The number of hydrogen-bond donors (Lipinski definition) is 1. The van der Waals surface area contributed by atoms with E-state index in [-0.39, 0.29) is 69.8 Å². The predicted octanol–water partition coefficient (Wildman–Crippen LogP) is -3.14. The SMILES string of the molecule is C=C(C)C(=O)NCC(C)CS(=O)(=O)[O-].[K+]. The van der Waals surface area contributed by atoms with Gasteiger partial charge in [0.2, 0.25) is 5.91 Å². The Morgan fingerprint density at radius 3 is 2.33 bits per heavy atom. The Labute approximate surface area is 133 Å². The Hall–Kier alpha value is 0.756. The third kappa shape index (κ3) is 11.0. The van der Waals surface area contributed by atoms with Gasteiger partial charge >= 0.3 is 51.4 Å². The molecular formula is C8H14KNO4S. The first-order chi connectivity index (χ1) is 6.22. The molecule has 0 radical (unpaired) electrons. The van der Waals surface area contributed by atoms with Crippen LogP contribution in [0.5, 0.6) is 0 Å². The molecule has 0 bridgehead atoms. The quantitative estimate of drug-likeness (QED) is 0.321. The molecule has 82 valence electrons. The number of carbonyl (C=O) groups excluding carboxylic acids is 1. The summed E-state index contributed by atoms with van der Waals surface area (Å²) in [5, 5.41) is 2.46. The molecule has 0 aromatic heterocycles. The zero-order chi connectivity index (χ0) is 11.4. The molecule has 0 aromatic rings. The molecule has 0 aliphatic heterocycles. The number of nitrogens with one attached hydrogen (secondary N) is 1. The van der Waals surface area contributed by atoms with E-state index in [9.17, 15) is 17.8 Å². The fourth-order valence-electron chi connectivity index (χ4n) is 0.825. The maximum atomic E-state index is 11.0. The van der Waals surface area contributed by atoms with Crippen LogP contribution in [0, 0.1) is 5.92 Å². The number of carbonyl (C=O) groups is 1. The summed E-state index contributed by atoms with van der Waals surface area (Å²) in [5.74, 6) is -1.19. The van der Waals surface area contributed by atoms with Crippen molar-refractivity contribution in [3.8, 4) is 0 Å². The standard InChI is InChI=1S/C8H15NO4S.K/c1-6(2)8(10)9-4-7(3)5-14(11,12)13;/h7H,1,4-5H2,2-3H3,(H,9,10)(H,11,12,13);/q;+1/p-1. The summed E-state index contributed by atoms with van der Waals surface area (Å²) in [4.78, 5) is 11.0. The van der Waals surface area contributed by atoms with Crippen LogP contribution in [0.25, 0.3) is 0 Å². The molecule has 0 fully saturated rings. The van der Waals surface area contributed by atoms with E-state index in [0.29, 0.717) is 5.57 Å². The van der Waals surface area contributed by atoms with Crippen LogP contribution in [0.15, 0.2) is 12.2 Å². The molecule has 0 aliphatic rings.